The summed E-state index contributed by atoms with van der Waals surface area (Å²) in [6.45, 7) is 0. The van der Waals surface area contributed by atoms with Crippen molar-refractivity contribution in [1.29, 1.82) is 0 Å². The summed E-state index contributed by atoms with van der Waals surface area (Å²) >= 11 is 7.25. The fourth-order valence-corrected chi connectivity index (χ4v) is 2.58. The van der Waals surface area contributed by atoms with Gasteiger partial charge in [0.1, 0.15) is 0 Å². The lowest BCUT2D eigenvalue weighted by Gasteiger charge is -2.03. The number of nitro groups is 1. The molecule has 2 aromatic carbocycles. The normalized spacial score (nSPS) is 10.3. The number of halogens is 1. The zero-order valence-corrected chi connectivity index (χ0v) is 10.9. The van der Waals surface area contributed by atoms with E-state index in [1.54, 1.807) is 18.2 Å². The summed E-state index contributed by atoms with van der Waals surface area (Å²) in [7, 11) is 0. The second-order valence-electron chi connectivity index (χ2n) is 3.64. The number of hydrogen-bond donors (Lipinski definition) is 0. The summed E-state index contributed by atoms with van der Waals surface area (Å²) in [6.07, 6.45) is 0. The first-order valence-electron chi connectivity index (χ1n) is 5.27. The van der Waals surface area contributed by atoms with E-state index >= 15 is 0 Å². The quantitative estimate of drug-likeness (QED) is 0.469. The van der Waals surface area contributed by atoms with Gasteiger partial charge in [-0.25, -0.2) is 0 Å². The van der Waals surface area contributed by atoms with Crippen LogP contribution < -0.4 is 0 Å². The van der Waals surface area contributed by atoms with Gasteiger partial charge in [0, 0.05) is 16.8 Å². The Morgan fingerprint density at radius 3 is 2.44 bits per heavy atom. The average molecular weight is 280 g/mol. The second-order valence-corrected chi connectivity index (χ2v) is 5.09. The van der Waals surface area contributed by atoms with Crippen molar-refractivity contribution in [1.82, 2.24) is 0 Å². The number of hydrogen-bond acceptors (Lipinski definition) is 3. The summed E-state index contributed by atoms with van der Waals surface area (Å²) in [6, 6.07) is 14.2. The highest BCUT2D eigenvalue weighted by molar-refractivity contribution is 7.98. The third-order valence-electron chi connectivity index (χ3n) is 2.37. The van der Waals surface area contributed by atoms with Crippen LogP contribution >= 0.6 is 23.4 Å². The predicted molar refractivity (Wildman–Crippen MR) is 74.1 cm³/mol. The molecule has 0 fully saturated rings. The van der Waals surface area contributed by atoms with Crippen LogP contribution in [0.2, 0.25) is 5.02 Å². The van der Waals surface area contributed by atoms with Gasteiger partial charge in [-0.3, -0.25) is 10.1 Å². The van der Waals surface area contributed by atoms with Crippen LogP contribution in [0.5, 0.6) is 0 Å². The number of nitro benzene ring substituents is 1. The molecule has 0 unspecified atom stereocenters. The van der Waals surface area contributed by atoms with E-state index in [-0.39, 0.29) is 10.6 Å². The Labute approximate surface area is 114 Å². The van der Waals surface area contributed by atoms with E-state index < -0.39 is 0 Å². The minimum atomic E-state index is -0.357. The van der Waals surface area contributed by atoms with Crippen molar-refractivity contribution < 1.29 is 4.92 Å². The minimum Gasteiger partial charge on any atom is -0.258 e. The van der Waals surface area contributed by atoms with Gasteiger partial charge >= 0.3 is 0 Å². The first kappa shape index (κ1) is 12.9. The van der Waals surface area contributed by atoms with Crippen LogP contribution in [-0.2, 0) is 5.75 Å². The lowest BCUT2D eigenvalue weighted by molar-refractivity contribution is -0.387. The molecule has 0 aliphatic heterocycles. The van der Waals surface area contributed by atoms with E-state index in [0.717, 1.165) is 5.56 Å². The molecule has 0 amide bonds. The molecule has 0 atom stereocenters. The fourth-order valence-electron chi connectivity index (χ4n) is 1.47. The lowest BCUT2D eigenvalue weighted by atomic mass is 10.2. The lowest BCUT2D eigenvalue weighted by Crippen LogP contribution is -1.90. The topological polar surface area (TPSA) is 43.1 Å². The molecular formula is C13H10ClNO2S. The monoisotopic (exact) mass is 279 g/mol. The maximum Gasteiger partial charge on any atom is 0.282 e. The first-order valence-corrected chi connectivity index (χ1v) is 6.64. The van der Waals surface area contributed by atoms with Crippen molar-refractivity contribution in [2.45, 2.75) is 10.6 Å². The maximum absolute atomic E-state index is 10.9. The van der Waals surface area contributed by atoms with Crippen molar-refractivity contribution in [3.8, 4) is 0 Å². The van der Waals surface area contributed by atoms with Crippen LogP contribution in [0.3, 0.4) is 0 Å². The maximum atomic E-state index is 10.9. The molecule has 5 heteroatoms. The molecule has 0 aliphatic rings. The third kappa shape index (κ3) is 3.24. The van der Waals surface area contributed by atoms with Gasteiger partial charge in [-0.15, -0.1) is 11.8 Å². The SMILES string of the molecule is O=[N+]([O-])c1ccccc1SCc1ccc(Cl)cc1. The number of benzene rings is 2. The minimum absolute atomic E-state index is 0.150. The van der Waals surface area contributed by atoms with Crippen molar-refractivity contribution in [3.63, 3.8) is 0 Å². The van der Waals surface area contributed by atoms with Gasteiger partial charge in [0.2, 0.25) is 0 Å². The molecule has 2 rings (SSSR count). The number of nitrogens with zero attached hydrogens (tertiary/aromatic N) is 1. The zero-order valence-electron chi connectivity index (χ0n) is 9.38. The first-order chi connectivity index (χ1) is 8.66. The van der Waals surface area contributed by atoms with Crippen molar-refractivity contribution in [2.24, 2.45) is 0 Å². The van der Waals surface area contributed by atoms with E-state index in [4.69, 9.17) is 11.6 Å². The molecule has 18 heavy (non-hydrogen) atoms. The summed E-state index contributed by atoms with van der Waals surface area (Å²) in [5, 5.41) is 11.5. The Hall–Kier alpha value is -1.52. The molecule has 0 aliphatic carbocycles. The van der Waals surface area contributed by atoms with Crippen molar-refractivity contribution in [2.75, 3.05) is 0 Å². The zero-order chi connectivity index (χ0) is 13.0. The Bertz CT molecular complexity index is 557. The summed E-state index contributed by atoms with van der Waals surface area (Å²) < 4.78 is 0. The highest BCUT2D eigenvalue weighted by Crippen LogP contribution is 2.31. The van der Waals surface area contributed by atoms with Crippen LogP contribution in [0.1, 0.15) is 5.56 Å². The van der Waals surface area contributed by atoms with Gasteiger partial charge in [-0.2, -0.15) is 0 Å². The Kier molecular flexibility index (Phi) is 4.23. The molecule has 0 heterocycles. The fraction of sp³-hybridized carbons (Fsp3) is 0.0769. The smallest absolute Gasteiger partial charge is 0.258 e. The van der Waals surface area contributed by atoms with E-state index in [0.29, 0.717) is 15.7 Å². The number of rotatable bonds is 4. The molecule has 0 aromatic heterocycles. The third-order valence-corrected chi connectivity index (χ3v) is 3.76. The average Bonchev–Trinajstić information content (AvgIpc) is 2.38. The van der Waals surface area contributed by atoms with E-state index in [1.165, 1.54) is 17.8 Å². The second kappa shape index (κ2) is 5.89. The van der Waals surface area contributed by atoms with Crippen LogP contribution in [-0.4, -0.2) is 4.92 Å². The van der Waals surface area contributed by atoms with E-state index in [2.05, 4.69) is 0 Å². The summed E-state index contributed by atoms with van der Waals surface area (Å²) in [5.74, 6) is 0.683. The van der Waals surface area contributed by atoms with Crippen LogP contribution in [0.25, 0.3) is 0 Å². The van der Waals surface area contributed by atoms with Crippen LogP contribution in [0.4, 0.5) is 5.69 Å². The molecule has 0 N–H and O–H groups in total. The van der Waals surface area contributed by atoms with Gasteiger partial charge in [0.15, 0.2) is 0 Å². The number of thioether (sulfide) groups is 1. The van der Waals surface area contributed by atoms with Gasteiger partial charge < -0.3 is 0 Å². The van der Waals surface area contributed by atoms with Crippen molar-refractivity contribution in [3.05, 3.63) is 69.2 Å². The highest BCUT2D eigenvalue weighted by atomic mass is 35.5. The standard InChI is InChI=1S/C13H10ClNO2S/c14-11-7-5-10(6-8-11)9-18-13-4-2-1-3-12(13)15(16)17/h1-8H,9H2. The van der Waals surface area contributed by atoms with Gasteiger partial charge in [0.05, 0.1) is 9.82 Å². The Balaban J connectivity index is 2.10. The van der Waals surface area contributed by atoms with Crippen LogP contribution in [0, 0.1) is 10.1 Å². The predicted octanol–water partition coefficient (Wildman–Crippen LogP) is 4.54. The van der Waals surface area contributed by atoms with Crippen LogP contribution in [0.15, 0.2) is 53.4 Å². The molecular weight excluding hydrogens is 270 g/mol. The van der Waals surface area contributed by atoms with Gasteiger partial charge in [-0.1, -0.05) is 35.9 Å². The Morgan fingerprint density at radius 2 is 1.78 bits per heavy atom. The summed E-state index contributed by atoms with van der Waals surface area (Å²) in [5.41, 5.74) is 1.24. The molecule has 0 bridgehead atoms. The van der Waals surface area contributed by atoms with Gasteiger partial charge in [0.25, 0.3) is 5.69 Å². The summed E-state index contributed by atoms with van der Waals surface area (Å²) in [4.78, 5) is 11.2. The Morgan fingerprint density at radius 1 is 1.11 bits per heavy atom. The van der Waals surface area contributed by atoms with E-state index in [9.17, 15) is 10.1 Å². The largest absolute Gasteiger partial charge is 0.282 e. The molecule has 2 aromatic rings. The van der Waals surface area contributed by atoms with Gasteiger partial charge in [-0.05, 0) is 23.8 Å². The van der Waals surface area contributed by atoms with E-state index in [1.807, 2.05) is 24.3 Å². The van der Waals surface area contributed by atoms with Crippen molar-refractivity contribution >= 4 is 29.1 Å². The molecule has 3 nitrogen and oxygen atoms in total. The molecule has 0 spiro atoms. The molecule has 0 saturated heterocycles. The molecule has 0 saturated carbocycles. The molecule has 92 valence electrons. The number of para-hydroxylation sites is 1. The molecule has 0 radical (unpaired) electrons. The highest BCUT2D eigenvalue weighted by Gasteiger charge is 2.12.